The molecule has 2 aromatic heterocycles. The standard InChI is InChI=1S/C27H33N3O3S2Si/c1-4-31-36(32-5-2,33-6-3)19-13-18-34-20-23-24(21-14-9-7-10-15-21)26-27(30-35-29-26)25(28-23)22-16-11-8-12-17-22/h7-12,14-17H,4-6,13,18-20H2,1-3H3. The van der Waals surface area contributed by atoms with Gasteiger partial charge in [-0.15, -0.1) is 0 Å². The zero-order valence-corrected chi connectivity index (χ0v) is 23.7. The minimum absolute atomic E-state index is 0.605. The molecule has 4 rings (SSSR count). The summed E-state index contributed by atoms with van der Waals surface area (Å²) in [5, 5.41) is 0. The Hall–Kier alpha value is -2.14. The largest absolute Gasteiger partial charge is 0.500 e. The Morgan fingerprint density at radius 2 is 1.36 bits per heavy atom. The molecule has 0 radical (unpaired) electrons. The molecule has 6 nitrogen and oxygen atoms in total. The molecule has 0 spiro atoms. The molecule has 0 N–H and O–H groups in total. The first-order chi connectivity index (χ1) is 17.7. The van der Waals surface area contributed by atoms with E-state index in [1.54, 1.807) is 0 Å². The maximum absolute atomic E-state index is 6.02. The number of benzene rings is 2. The number of nitrogens with zero attached hydrogens (tertiary/aromatic N) is 3. The van der Waals surface area contributed by atoms with Gasteiger partial charge in [0.25, 0.3) is 0 Å². The number of thioether (sulfide) groups is 1. The van der Waals surface area contributed by atoms with E-state index in [1.807, 2.05) is 56.8 Å². The Morgan fingerprint density at radius 1 is 0.778 bits per heavy atom. The Balaban J connectivity index is 1.58. The monoisotopic (exact) mass is 539 g/mol. The zero-order valence-electron chi connectivity index (χ0n) is 21.1. The van der Waals surface area contributed by atoms with Crippen LogP contribution in [0, 0.1) is 0 Å². The predicted octanol–water partition coefficient (Wildman–Crippen LogP) is 7.09. The summed E-state index contributed by atoms with van der Waals surface area (Å²) in [5.74, 6) is 1.75. The van der Waals surface area contributed by atoms with Crippen molar-refractivity contribution in [3.8, 4) is 22.4 Å². The Kier molecular flexibility index (Phi) is 10.0. The third-order valence-electron chi connectivity index (χ3n) is 5.70. The van der Waals surface area contributed by atoms with Crippen molar-refractivity contribution in [1.82, 2.24) is 13.7 Å². The second-order valence-corrected chi connectivity index (χ2v) is 12.5. The Labute approximate surface area is 223 Å². The van der Waals surface area contributed by atoms with Gasteiger partial charge in [0, 0.05) is 42.7 Å². The number of hydrogen-bond donors (Lipinski definition) is 0. The highest BCUT2D eigenvalue weighted by Gasteiger charge is 2.39. The average molecular weight is 540 g/mol. The molecule has 2 aromatic carbocycles. The number of aromatic nitrogens is 3. The van der Waals surface area contributed by atoms with Gasteiger partial charge in [0.15, 0.2) is 0 Å². The number of rotatable bonds is 14. The number of fused-ring (bicyclic) bond motifs is 1. The first-order valence-electron chi connectivity index (χ1n) is 12.5. The number of pyridine rings is 1. The molecule has 2 heterocycles. The van der Waals surface area contributed by atoms with Crippen LogP contribution in [-0.4, -0.2) is 48.1 Å². The summed E-state index contributed by atoms with van der Waals surface area (Å²) in [5.41, 5.74) is 6.97. The van der Waals surface area contributed by atoms with Crippen molar-refractivity contribution < 1.29 is 13.3 Å². The first kappa shape index (κ1) is 26.9. The molecule has 0 amide bonds. The van der Waals surface area contributed by atoms with Crippen LogP contribution in [0.2, 0.25) is 6.04 Å². The normalized spacial score (nSPS) is 11.9. The van der Waals surface area contributed by atoms with Gasteiger partial charge in [-0.05, 0) is 38.5 Å². The maximum Gasteiger partial charge on any atom is 0.500 e. The lowest BCUT2D eigenvalue weighted by Crippen LogP contribution is -2.46. The van der Waals surface area contributed by atoms with Gasteiger partial charge in [-0.1, -0.05) is 60.7 Å². The quantitative estimate of drug-likeness (QED) is 0.125. The van der Waals surface area contributed by atoms with Crippen molar-refractivity contribution in [3.05, 3.63) is 66.4 Å². The molecule has 0 aliphatic rings. The molecule has 0 aliphatic heterocycles. The molecule has 4 aromatic rings. The molecule has 0 aliphatic carbocycles. The van der Waals surface area contributed by atoms with Crippen LogP contribution in [0.15, 0.2) is 60.7 Å². The van der Waals surface area contributed by atoms with Crippen LogP contribution in [0.3, 0.4) is 0 Å². The highest BCUT2D eigenvalue weighted by molar-refractivity contribution is 7.98. The van der Waals surface area contributed by atoms with E-state index in [4.69, 9.17) is 22.6 Å². The summed E-state index contributed by atoms with van der Waals surface area (Å²) in [7, 11) is -2.61. The zero-order chi connectivity index (χ0) is 25.2. The smallest absolute Gasteiger partial charge is 0.374 e. The van der Waals surface area contributed by atoms with Crippen LogP contribution in [-0.2, 0) is 19.0 Å². The summed E-state index contributed by atoms with van der Waals surface area (Å²) >= 11 is 3.12. The predicted molar refractivity (Wildman–Crippen MR) is 152 cm³/mol. The van der Waals surface area contributed by atoms with Gasteiger partial charge in [0.2, 0.25) is 0 Å². The first-order valence-corrected chi connectivity index (χ1v) is 16.3. The highest BCUT2D eigenvalue weighted by Crippen LogP contribution is 2.37. The van der Waals surface area contributed by atoms with Crippen LogP contribution >= 0.6 is 23.5 Å². The van der Waals surface area contributed by atoms with Crippen LogP contribution in [0.5, 0.6) is 0 Å². The van der Waals surface area contributed by atoms with Crippen molar-refractivity contribution in [2.45, 2.75) is 39.0 Å². The maximum atomic E-state index is 6.02. The fourth-order valence-electron chi connectivity index (χ4n) is 4.26. The van der Waals surface area contributed by atoms with E-state index in [0.29, 0.717) is 19.8 Å². The van der Waals surface area contributed by atoms with Gasteiger partial charge in [-0.25, -0.2) is 4.98 Å². The lowest BCUT2D eigenvalue weighted by molar-refractivity contribution is 0.0712. The van der Waals surface area contributed by atoms with Crippen molar-refractivity contribution in [2.24, 2.45) is 0 Å². The molecule has 0 bridgehead atoms. The van der Waals surface area contributed by atoms with Gasteiger partial charge < -0.3 is 13.3 Å². The van der Waals surface area contributed by atoms with Gasteiger partial charge in [0.1, 0.15) is 11.0 Å². The third-order valence-corrected chi connectivity index (χ3v) is 10.4. The second-order valence-electron chi connectivity index (χ2n) is 8.11. The average Bonchev–Trinajstić information content (AvgIpc) is 3.39. The lowest BCUT2D eigenvalue weighted by Gasteiger charge is -2.28. The molecule has 190 valence electrons. The summed E-state index contributed by atoms with van der Waals surface area (Å²) in [6, 6.07) is 21.5. The topological polar surface area (TPSA) is 66.4 Å². The number of hydrogen-bond acceptors (Lipinski definition) is 8. The van der Waals surface area contributed by atoms with Crippen molar-refractivity contribution >= 4 is 43.3 Å². The van der Waals surface area contributed by atoms with E-state index in [0.717, 1.165) is 63.1 Å². The van der Waals surface area contributed by atoms with E-state index < -0.39 is 8.80 Å². The molecule has 36 heavy (non-hydrogen) atoms. The van der Waals surface area contributed by atoms with E-state index in [2.05, 4.69) is 40.8 Å². The van der Waals surface area contributed by atoms with E-state index >= 15 is 0 Å². The summed E-state index contributed by atoms with van der Waals surface area (Å²) in [4.78, 5) is 5.17. The van der Waals surface area contributed by atoms with Crippen LogP contribution in [0.25, 0.3) is 33.4 Å². The minimum Gasteiger partial charge on any atom is -0.374 e. The summed E-state index contributed by atoms with van der Waals surface area (Å²) in [6.07, 6.45) is 0.962. The molecule has 0 unspecified atom stereocenters. The molecule has 0 saturated heterocycles. The van der Waals surface area contributed by atoms with Crippen LogP contribution in [0.4, 0.5) is 0 Å². The van der Waals surface area contributed by atoms with Crippen molar-refractivity contribution in [2.75, 3.05) is 25.6 Å². The van der Waals surface area contributed by atoms with Gasteiger partial charge in [-0.3, -0.25) is 0 Å². The molecule has 0 saturated carbocycles. The van der Waals surface area contributed by atoms with Gasteiger partial charge >= 0.3 is 8.80 Å². The molecule has 0 atom stereocenters. The summed E-state index contributed by atoms with van der Waals surface area (Å²) < 4.78 is 27.4. The van der Waals surface area contributed by atoms with Gasteiger partial charge in [0.05, 0.1) is 23.1 Å². The Bertz CT molecular complexity index is 1210. The lowest BCUT2D eigenvalue weighted by atomic mass is 10.0. The third kappa shape index (κ3) is 6.40. The van der Waals surface area contributed by atoms with Crippen LogP contribution in [0.1, 0.15) is 32.9 Å². The minimum atomic E-state index is -2.61. The SMILES string of the molecule is CCO[Si](CCCSCc1nc(-c2ccccc2)c2nsnc2c1-c1ccccc1)(OCC)OCC. The molecular weight excluding hydrogens is 507 g/mol. The fourth-order valence-corrected chi connectivity index (χ4v) is 8.58. The fraction of sp³-hybridized carbons (Fsp3) is 0.370. The van der Waals surface area contributed by atoms with Gasteiger partial charge in [-0.2, -0.15) is 20.5 Å². The second kappa shape index (κ2) is 13.4. The van der Waals surface area contributed by atoms with Crippen molar-refractivity contribution in [1.29, 1.82) is 0 Å². The molecule has 9 heteroatoms. The summed E-state index contributed by atoms with van der Waals surface area (Å²) in [6.45, 7) is 7.81. The van der Waals surface area contributed by atoms with E-state index in [9.17, 15) is 0 Å². The van der Waals surface area contributed by atoms with Crippen molar-refractivity contribution in [3.63, 3.8) is 0 Å². The van der Waals surface area contributed by atoms with E-state index in [1.165, 1.54) is 11.7 Å². The highest BCUT2D eigenvalue weighted by atomic mass is 32.2. The molecular formula is C27H33N3O3S2Si. The Morgan fingerprint density at radius 3 is 1.97 bits per heavy atom. The van der Waals surface area contributed by atoms with E-state index in [-0.39, 0.29) is 0 Å². The van der Waals surface area contributed by atoms with Crippen LogP contribution < -0.4 is 0 Å². The molecule has 0 fully saturated rings.